The Labute approximate surface area is 122 Å². The summed E-state index contributed by atoms with van der Waals surface area (Å²) < 4.78 is 0. The molecule has 20 heavy (non-hydrogen) atoms. The Morgan fingerprint density at radius 2 is 1.95 bits per heavy atom. The van der Waals surface area contributed by atoms with Crippen LogP contribution in [0.5, 0.6) is 0 Å². The van der Waals surface area contributed by atoms with Crippen LogP contribution in [0.3, 0.4) is 0 Å². The second kappa shape index (κ2) is 5.21. The minimum Gasteiger partial charge on any atom is -0.342 e. The van der Waals surface area contributed by atoms with Gasteiger partial charge in [0.15, 0.2) is 0 Å². The molecule has 0 aliphatic rings. The van der Waals surface area contributed by atoms with Crippen molar-refractivity contribution in [1.82, 2.24) is 19.9 Å². The molecule has 5 heteroatoms. The number of aromatic nitrogens is 4. The van der Waals surface area contributed by atoms with Crippen LogP contribution in [0.1, 0.15) is 29.8 Å². The van der Waals surface area contributed by atoms with Crippen molar-refractivity contribution in [1.29, 1.82) is 0 Å². The second-order valence-electron chi connectivity index (χ2n) is 4.73. The molecule has 3 aromatic rings. The highest BCUT2D eigenvalue weighted by atomic mass is 35.5. The van der Waals surface area contributed by atoms with Crippen LogP contribution >= 0.6 is 11.6 Å². The molecule has 1 N–H and O–H groups in total. The molecule has 1 aromatic carbocycles. The maximum atomic E-state index is 6.20. The Hall–Kier alpha value is -1.94. The van der Waals surface area contributed by atoms with Crippen molar-refractivity contribution >= 4 is 22.6 Å². The Morgan fingerprint density at radius 1 is 1.15 bits per heavy atom. The monoisotopic (exact) mass is 286 g/mol. The fourth-order valence-electron chi connectivity index (χ4n) is 2.34. The van der Waals surface area contributed by atoms with Crippen LogP contribution in [0.15, 0.2) is 24.3 Å². The van der Waals surface area contributed by atoms with E-state index >= 15 is 0 Å². The molecule has 0 fully saturated rings. The van der Waals surface area contributed by atoms with E-state index in [2.05, 4.69) is 26.9 Å². The molecule has 0 bridgehead atoms. The van der Waals surface area contributed by atoms with E-state index in [1.165, 1.54) is 0 Å². The van der Waals surface area contributed by atoms with Crippen molar-refractivity contribution in [3.63, 3.8) is 0 Å². The van der Waals surface area contributed by atoms with Gasteiger partial charge in [-0.2, -0.15) is 0 Å². The topological polar surface area (TPSA) is 54.5 Å². The van der Waals surface area contributed by atoms with Gasteiger partial charge >= 0.3 is 0 Å². The first-order chi connectivity index (χ1) is 9.67. The summed E-state index contributed by atoms with van der Waals surface area (Å²) in [6, 6.07) is 7.94. The van der Waals surface area contributed by atoms with Crippen molar-refractivity contribution < 1.29 is 0 Å². The van der Waals surface area contributed by atoms with Gasteiger partial charge in [0, 0.05) is 11.3 Å². The summed E-state index contributed by atoms with van der Waals surface area (Å²) in [4.78, 5) is 16.7. The highest BCUT2D eigenvalue weighted by molar-refractivity contribution is 6.30. The number of aromatic amines is 1. The predicted molar refractivity (Wildman–Crippen MR) is 80.1 cm³/mol. The number of aryl methyl sites for hydroxylation is 1. The number of nitrogens with one attached hydrogen (secondary N) is 1. The van der Waals surface area contributed by atoms with Crippen molar-refractivity contribution in [2.75, 3.05) is 0 Å². The van der Waals surface area contributed by atoms with Crippen LogP contribution in [0.25, 0.3) is 11.0 Å². The quantitative estimate of drug-likeness (QED) is 0.750. The van der Waals surface area contributed by atoms with Gasteiger partial charge < -0.3 is 4.98 Å². The minimum atomic E-state index is 0.547. The average molecular weight is 287 g/mol. The SMILES string of the molecule is CCc1c(C)nc(Cc2nc3ccccc3[nH]2)nc1Cl. The second-order valence-corrected chi connectivity index (χ2v) is 5.08. The third-order valence-electron chi connectivity index (χ3n) is 3.33. The number of benzene rings is 1. The Balaban J connectivity index is 1.94. The summed E-state index contributed by atoms with van der Waals surface area (Å²) in [5, 5.41) is 0.547. The third kappa shape index (κ3) is 2.39. The first-order valence-corrected chi connectivity index (χ1v) is 7.00. The van der Waals surface area contributed by atoms with Gasteiger partial charge in [-0.05, 0) is 25.5 Å². The zero-order valence-corrected chi connectivity index (χ0v) is 12.2. The highest BCUT2D eigenvalue weighted by Crippen LogP contribution is 2.18. The van der Waals surface area contributed by atoms with Gasteiger partial charge in [-0.1, -0.05) is 30.7 Å². The zero-order chi connectivity index (χ0) is 14.1. The van der Waals surface area contributed by atoms with E-state index in [4.69, 9.17) is 11.6 Å². The molecule has 4 nitrogen and oxygen atoms in total. The van der Waals surface area contributed by atoms with Gasteiger partial charge in [-0.25, -0.2) is 15.0 Å². The molecule has 0 aliphatic carbocycles. The molecule has 102 valence electrons. The number of fused-ring (bicyclic) bond motifs is 1. The molecule has 0 radical (unpaired) electrons. The Morgan fingerprint density at radius 3 is 2.65 bits per heavy atom. The number of para-hydroxylation sites is 2. The van der Waals surface area contributed by atoms with Gasteiger partial charge in [0.25, 0.3) is 0 Å². The van der Waals surface area contributed by atoms with E-state index in [9.17, 15) is 0 Å². The smallest absolute Gasteiger partial charge is 0.137 e. The van der Waals surface area contributed by atoms with Crippen molar-refractivity contribution in [2.45, 2.75) is 26.7 Å². The molecule has 3 rings (SSSR count). The number of nitrogens with zero attached hydrogens (tertiary/aromatic N) is 3. The summed E-state index contributed by atoms with van der Waals surface area (Å²) in [5.74, 6) is 1.55. The van der Waals surface area contributed by atoms with E-state index < -0.39 is 0 Å². The number of H-pyrrole nitrogens is 1. The number of halogens is 1. The molecule has 2 aromatic heterocycles. The van der Waals surface area contributed by atoms with Gasteiger partial charge in [-0.3, -0.25) is 0 Å². The number of imidazole rings is 1. The van der Waals surface area contributed by atoms with Crippen LogP contribution in [-0.2, 0) is 12.8 Å². The first kappa shape index (κ1) is 13.1. The van der Waals surface area contributed by atoms with E-state index in [0.29, 0.717) is 17.4 Å². The van der Waals surface area contributed by atoms with Gasteiger partial charge in [0.05, 0.1) is 17.5 Å². The molecule has 0 aliphatic heterocycles. The molecule has 0 atom stereocenters. The zero-order valence-electron chi connectivity index (χ0n) is 11.4. The lowest BCUT2D eigenvalue weighted by Gasteiger charge is -2.06. The Kier molecular flexibility index (Phi) is 3.40. The highest BCUT2D eigenvalue weighted by Gasteiger charge is 2.10. The summed E-state index contributed by atoms with van der Waals surface area (Å²) >= 11 is 6.20. The molecular formula is C15H15ClN4. The van der Waals surface area contributed by atoms with E-state index in [1.54, 1.807) is 0 Å². The van der Waals surface area contributed by atoms with Crippen LogP contribution in [0, 0.1) is 6.92 Å². The van der Waals surface area contributed by atoms with Crippen LogP contribution in [-0.4, -0.2) is 19.9 Å². The Bertz CT molecular complexity index is 707. The van der Waals surface area contributed by atoms with Gasteiger partial charge in [-0.15, -0.1) is 0 Å². The molecule has 0 saturated carbocycles. The molecule has 0 amide bonds. The number of hydrogen-bond donors (Lipinski definition) is 1. The number of hydrogen-bond acceptors (Lipinski definition) is 3. The van der Waals surface area contributed by atoms with Crippen LogP contribution < -0.4 is 0 Å². The maximum absolute atomic E-state index is 6.20. The standard InChI is InChI=1S/C15H15ClN4/c1-3-10-9(2)17-13(20-15(10)16)8-14-18-11-6-4-5-7-12(11)19-14/h4-7H,3,8H2,1-2H3,(H,18,19). The third-order valence-corrected chi connectivity index (χ3v) is 3.64. The molecular weight excluding hydrogens is 272 g/mol. The number of rotatable bonds is 3. The normalized spacial score (nSPS) is 11.2. The lowest BCUT2D eigenvalue weighted by molar-refractivity contribution is 0.877. The molecule has 0 spiro atoms. The molecule has 0 unspecified atom stereocenters. The summed E-state index contributed by atoms with van der Waals surface area (Å²) in [7, 11) is 0. The van der Waals surface area contributed by atoms with Gasteiger partial charge in [0.1, 0.15) is 16.8 Å². The fraction of sp³-hybridized carbons (Fsp3) is 0.267. The largest absolute Gasteiger partial charge is 0.342 e. The van der Waals surface area contributed by atoms with Crippen molar-refractivity contribution in [3.8, 4) is 0 Å². The first-order valence-electron chi connectivity index (χ1n) is 6.63. The lowest BCUT2D eigenvalue weighted by atomic mass is 10.2. The average Bonchev–Trinajstić information content (AvgIpc) is 2.80. The van der Waals surface area contributed by atoms with E-state index in [0.717, 1.165) is 34.5 Å². The van der Waals surface area contributed by atoms with Crippen LogP contribution in [0.2, 0.25) is 5.15 Å². The van der Waals surface area contributed by atoms with Crippen LogP contribution in [0.4, 0.5) is 0 Å². The maximum Gasteiger partial charge on any atom is 0.137 e. The summed E-state index contributed by atoms with van der Waals surface area (Å²) in [5.41, 5.74) is 3.93. The fourth-order valence-corrected chi connectivity index (χ4v) is 2.70. The lowest BCUT2D eigenvalue weighted by Crippen LogP contribution is -2.04. The summed E-state index contributed by atoms with van der Waals surface area (Å²) in [6.45, 7) is 4.02. The van der Waals surface area contributed by atoms with E-state index in [1.807, 2.05) is 31.2 Å². The molecule has 0 saturated heterocycles. The van der Waals surface area contributed by atoms with Gasteiger partial charge in [0.2, 0.25) is 0 Å². The molecule has 2 heterocycles. The predicted octanol–water partition coefficient (Wildman–Crippen LogP) is 3.47. The minimum absolute atomic E-state index is 0.547. The van der Waals surface area contributed by atoms with Crippen molar-refractivity contribution in [3.05, 3.63) is 52.3 Å². The van der Waals surface area contributed by atoms with E-state index in [-0.39, 0.29) is 0 Å². The summed E-state index contributed by atoms with van der Waals surface area (Å²) in [6.07, 6.45) is 1.40. The van der Waals surface area contributed by atoms with Crippen molar-refractivity contribution in [2.24, 2.45) is 0 Å².